The zero-order valence-corrected chi connectivity index (χ0v) is 14.7. The zero-order valence-electron chi connectivity index (χ0n) is 14.7. The molecule has 1 rings (SSSR count). The van der Waals surface area contributed by atoms with Crippen LogP contribution in [0.1, 0.15) is 52.0 Å². The number of ketones is 1. The number of rotatable bonds is 10. The Morgan fingerprint density at radius 2 is 1.91 bits per heavy atom. The van der Waals surface area contributed by atoms with Crippen LogP contribution in [0.3, 0.4) is 0 Å². The molecule has 1 aromatic rings. The third-order valence-electron chi connectivity index (χ3n) is 4.10. The highest BCUT2D eigenvalue weighted by Crippen LogP contribution is 2.27. The van der Waals surface area contributed by atoms with Gasteiger partial charge in [0.05, 0.1) is 7.11 Å². The molecule has 2 atom stereocenters. The molecule has 0 saturated heterocycles. The van der Waals surface area contributed by atoms with Crippen molar-refractivity contribution in [1.29, 1.82) is 0 Å². The van der Waals surface area contributed by atoms with Crippen molar-refractivity contribution in [1.82, 2.24) is 0 Å². The molecule has 1 unspecified atom stereocenters. The molecular formula is C19H30O4. The van der Waals surface area contributed by atoms with Gasteiger partial charge in [0.15, 0.2) is 17.3 Å². The molecule has 0 spiro atoms. The van der Waals surface area contributed by atoms with Crippen molar-refractivity contribution in [2.75, 3.05) is 7.11 Å². The van der Waals surface area contributed by atoms with Gasteiger partial charge in [0, 0.05) is 6.42 Å². The maximum Gasteiger partial charge on any atom is 0.165 e. The topological polar surface area (TPSA) is 66.8 Å². The largest absolute Gasteiger partial charge is 0.504 e. The van der Waals surface area contributed by atoms with Crippen molar-refractivity contribution in [2.45, 2.75) is 59.0 Å². The first-order chi connectivity index (χ1) is 10.8. The van der Waals surface area contributed by atoms with E-state index in [0.29, 0.717) is 24.0 Å². The highest BCUT2D eigenvalue weighted by Gasteiger charge is 2.19. The molecule has 0 aliphatic carbocycles. The average Bonchev–Trinajstić information content (AvgIpc) is 2.48. The van der Waals surface area contributed by atoms with E-state index in [-0.39, 0.29) is 18.0 Å². The van der Waals surface area contributed by atoms with Crippen molar-refractivity contribution in [3.05, 3.63) is 23.8 Å². The molecule has 2 N–H and O–H groups in total. The molecule has 0 heterocycles. The van der Waals surface area contributed by atoms with Gasteiger partial charge in [-0.1, -0.05) is 46.1 Å². The van der Waals surface area contributed by atoms with Gasteiger partial charge in [-0.25, -0.2) is 0 Å². The van der Waals surface area contributed by atoms with E-state index < -0.39 is 6.10 Å². The third kappa shape index (κ3) is 7.04. The molecule has 23 heavy (non-hydrogen) atoms. The summed E-state index contributed by atoms with van der Waals surface area (Å²) in [4.78, 5) is 12.2. The van der Waals surface area contributed by atoms with E-state index in [1.165, 1.54) is 19.6 Å². The number of aliphatic hydroxyl groups excluding tert-OH is 1. The fraction of sp³-hybridized carbons (Fsp3) is 0.632. The summed E-state index contributed by atoms with van der Waals surface area (Å²) in [5, 5.41) is 19.7. The maximum atomic E-state index is 12.2. The summed E-state index contributed by atoms with van der Waals surface area (Å²) in [6.45, 7) is 6.49. The van der Waals surface area contributed by atoms with Crippen LogP contribution in [-0.2, 0) is 11.2 Å². The lowest BCUT2D eigenvalue weighted by molar-refractivity contribution is -0.127. The van der Waals surface area contributed by atoms with Gasteiger partial charge >= 0.3 is 0 Å². The van der Waals surface area contributed by atoms with Crippen LogP contribution in [0.4, 0.5) is 0 Å². The number of ether oxygens (including phenoxy) is 1. The minimum atomic E-state index is -0.927. The molecule has 0 aliphatic rings. The van der Waals surface area contributed by atoms with Crippen molar-refractivity contribution in [3.63, 3.8) is 0 Å². The highest BCUT2D eigenvalue weighted by molar-refractivity contribution is 5.85. The van der Waals surface area contributed by atoms with Crippen LogP contribution >= 0.6 is 0 Å². The van der Waals surface area contributed by atoms with Gasteiger partial charge in [0.25, 0.3) is 0 Å². The van der Waals surface area contributed by atoms with E-state index >= 15 is 0 Å². The second-order valence-electron chi connectivity index (χ2n) is 6.83. The van der Waals surface area contributed by atoms with Crippen molar-refractivity contribution < 1.29 is 19.7 Å². The molecule has 0 aromatic heterocycles. The molecular weight excluding hydrogens is 292 g/mol. The van der Waals surface area contributed by atoms with Crippen LogP contribution in [0.2, 0.25) is 0 Å². The number of hydrogen-bond acceptors (Lipinski definition) is 4. The summed E-state index contributed by atoms with van der Waals surface area (Å²) in [6.07, 6.45) is 3.08. The number of phenolic OH excluding ortho intramolecular Hbond substituents is 1. The van der Waals surface area contributed by atoms with Crippen molar-refractivity contribution >= 4 is 5.78 Å². The second kappa shape index (κ2) is 9.56. The first-order valence-corrected chi connectivity index (χ1v) is 8.40. The number of Topliss-reactive ketones (excluding diaryl/α,β-unsaturated/α-hetero) is 1. The predicted molar refractivity (Wildman–Crippen MR) is 91.8 cm³/mol. The lowest BCUT2D eigenvalue weighted by atomic mass is 9.92. The van der Waals surface area contributed by atoms with Gasteiger partial charge in [-0.05, 0) is 36.0 Å². The minimum absolute atomic E-state index is 0.0445. The third-order valence-corrected chi connectivity index (χ3v) is 4.10. The molecule has 4 heteroatoms. The van der Waals surface area contributed by atoms with E-state index in [9.17, 15) is 15.0 Å². The van der Waals surface area contributed by atoms with E-state index in [1.54, 1.807) is 12.1 Å². The number of aromatic hydroxyl groups is 1. The molecule has 0 bridgehead atoms. The Hall–Kier alpha value is -1.55. The molecule has 130 valence electrons. The summed E-state index contributed by atoms with van der Waals surface area (Å²) >= 11 is 0. The van der Waals surface area contributed by atoms with Gasteiger partial charge in [-0.2, -0.15) is 0 Å². The molecule has 1 aromatic carbocycles. The number of methoxy groups -OCH3 is 1. The first-order valence-electron chi connectivity index (χ1n) is 8.40. The monoisotopic (exact) mass is 322 g/mol. The summed E-state index contributed by atoms with van der Waals surface area (Å²) in [5.41, 5.74) is 0.733. The lowest BCUT2D eigenvalue weighted by Gasteiger charge is -2.16. The summed E-state index contributed by atoms with van der Waals surface area (Å²) in [5.74, 6) is 1.23. The number of aliphatic hydroxyl groups is 1. The van der Waals surface area contributed by atoms with Crippen LogP contribution in [0, 0.1) is 11.8 Å². The molecule has 0 fully saturated rings. The Balaban J connectivity index is 2.47. The van der Waals surface area contributed by atoms with Crippen LogP contribution < -0.4 is 4.74 Å². The van der Waals surface area contributed by atoms with Crippen LogP contribution in [-0.4, -0.2) is 29.2 Å². The Kier molecular flexibility index (Phi) is 8.10. The van der Waals surface area contributed by atoms with Gasteiger partial charge < -0.3 is 14.9 Å². The lowest BCUT2D eigenvalue weighted by Crippen LogP contribution is -2.24. The van der Waals surface area contributed by atoms with Gasteiger partial charge in [-0.15, -0.1) is 0 Å². The number of hydrogen-bond donors (Lipinski definition) is 2. The summed E-state index contributed by atoms with van der Waals surface area (Å²) < 4.78 is 5.03. The Bertz CT molecular complexity index is 496. The molecule has 0 amide bonds. The Morgan fingerprint density at radius 3 is 2.52 bits per heavy atom. The normalized spacial score (nSPS) is 13.8. The van der Waals surface area contributed by atoms with Crippen molar-refractivity contribution in [2.24, 2.45) is 11.8 Å². The Morgan fingerprint density at radius 1 is 1.22 bits per heavy atom. The predicted octanol–water partition coefficient (Wildman–Crippen LogP) is 3.73. The van der Waals surface area contributed by atoms with E-state index in [1.807, 2.05) is 0 Å². The quantitative estimate of drug-likeness (QED) is 0.689. The Labute approximate surface area is 139 Å². The van der Waals surface area contributed by atoms with Crippen molar-refractivity contribution in [3.8, 4) is 11.5 Å². The second-order valence-corrected chi connectivity index (χ2v) is 6.83. The molecule has 0 saturated carbocycles. The number of carbonyl (C=O) groups excluding carboxylic acids is 1. The van der Waals surface area contributed by atoms with Gasteiger partial charge in [-0.3, -0.25) is 4.79 Å². The summed E-state index contributed by atoms with van der Waals surface area (Å²) in [6, 6.07) is 4.81. The average molecular weight is 322 g/mol. The van der Waals surface area contributed by atoms with Gasteiger partial charge in [0.1, 0.15) is 6.10 Å². The minimum Gasteiger partial charge on any atom is -0.504 e. The van der Waals surface area contributed by atoms with E-state index in [2.05, 4.69) is 20.8 Å². The van der Waals surface area contributed by atoms with Gasteiger partial charge in [0.2, 0.25) is 0 Å². The van der Waals surface area contributed by atoms with E-state index in [4.69, 9.17) is 4.74 Å². The molecule has 4 nitrogen and oxygen atoms in total. The number of phenols is 1. The van der Waals surface area contributed by atoms with Crippen LogP contribution in [0.25, 0.3) is 0 Å². The van der Waals surface area contributed by atoms with Crippen LogP contribution in [0.5, 0.6) is 11.5 Å². The maximum absolute atomic E-state index is 12.2. The SMILES string of the molecule is COc1cc(CC(=O)C(O)C[C@@H](C)CCCC(C)C)ccc1O. The highest BCUT2D eigenvalue weighted by atomic mass is 16.5. The van der Waals surface area contributed by atoms with Crippen LogP contribution in [0.15, 0.2) is 18.2 Å². The molecule has 0 radical (unpaired) electrons. The fourth-order valence-electron chi connectivity index (χ4n) is 2.66. The first kappa shape index (κ1) is 19.5. The standard InChI is InChI=1S/C19H30O4/c1-13(2)6-5-7-14(3)10-17(21)18(22)11-15-8-9-16(20)19(12-15)23-4/h8-9,12-14,17,20-21H,5-7,10-11H2,1-4H3/t14-,17?/m0/s1. The smallest absolute Gasteiger partial charge is 0.165 e. The summed E-state index contributed by atoms with van der Waals surface area (Å²) in [7, 11) is 1.47. The molecule has 0 aliphatic heterocycles. The number of benzene rings is 1. The number of carbonyl (C=O) groups is 1. The fourth-order valence-corrected chi connectivity index (χ4v) is 2.66. The van der Waals surface area contributed by atoms with E-state index in [0.717, 1.165) is 18.4 Å². The zero-order chi connectivity index (χ0) is 17.4.